The predicted molar refractivity (Wildman–Crippen MR) is 98.4 cm³/mol. The number of benzene rings is 1. The zero-order valence-corrected chi connectivity index (χ0v) is 15.7. The Balaban J connectivity index is 1.72. The van der Waals surface area contributed by atoms with Gasteiger partial charge in [0, 0.05) is 19.4 Å². The van der Waals surface area contributed by atoms with Gasteiger partial charge in [-0.05, 0) is 24.8 Å². The summed E-state index contributed by atoms with van der Waals surface area (Å²) in [6.07, 6.45) is -1.53. The highest BCUT2D eigenvalue weighted by Crippen LogP contribution is 2.26. The Morgan fingerprint density at radius 1 is 1.17 bits per heavy atom. The minimum atomic E-state index is -1.54. The standard InChI is InChI=1S/C19H23N3O7/c23-15-9-8-13(17(24)22-16(29-19(27)28)10-11-21(15)22)20-14(18(25)26)7-6-12-4-2-1-3-5-12/h1-5,13-14,16,20H,6-11H2,(H,25,26)(H,27,28). The van der Waals surface area contributed by atoms with Crippen LogP contribution in [0.2, 0.25) is 0 Å². The summed E-state index contributed by atoms with van der Waals surface area (Å²) in [5, 5.41) is 23.5. The molecule has 29 heavy (non-hydrogen) atoms. The van der Waals surface area contributed by atoms with Gasteiger partial charge in [0.1, 0.15) is 6.04 Å². The van der Waals surface area contributed by atoms with Gasteiger partial charge in [0.2, 0.25) is 12.1 Å². The number of hydrogen-bond donors (Lipinski definition) is 3. The topological polar surface area (TPSA) is 136 Å². The second-order valence-electron chi connectivity index (χ2n) is 7.00. The highest BCUT2D eigenvalue weighted by atomic mass is 16.7. The number of amides is 2. The molecule has 0 radical (unpaired) electrons. The molecule has 1 aromatic rings. The Morgan fingerprint density at radius 2 is 1.90 bits per heavy atom. The molecule has 2 aliphatic heterocycles. The summed E-state index contributed by atoms with van der Waals surface area (Å²) >= 11 is 0. The molecule has 2 heterocycles. The van der Waals surface area contributed by atoms with Crippen molar-refractivity contribution in [2.75, 3.05) is 6.54 Å². The fraction of sp³-hybridized carbons (Fsp3) is 0.474. The van der Waals surface area contributed by atoms with E-state index >= 15 is 0 Å². The van der Waals surface area contributed by atoms with E-state index in [9.17, 15) is 24.3 Å². The van der Waals surface area contributed by atoms with Crippen molar-refractivity contribution >= 4 is 23.9 Å². The number of hydrazine groups is 1. The van der Waals surface area contributed by atoms with Crippen LogP contribution in [-0.4, -0.2) is 69.0 Å². The number of hydrogen-bond acceptors (Lipinski definition) is 6. The second kappa shape index (κ2) is 8.91. The average Bonchev–Trinajstić information content (AvgIpc) is 3.05. The van der Waals surface area contributed by atoms with Gasteiger partial charge in [-0.2, -0.15) is 0 Å². The van der Waals surface area contributed by atoms with Crippen LogP contribution in [-0.2, 0) is 25.5 Å². The Bertz CT molecular complexity index is 785. The summed E-state index contributed by atoms with van der Waals surface area (Å²) in [5.74, 6) is -1.98. The SMILES string of the molecule is O=C(O)OC1CCN2C(=O)CCC(NC(CCc3ccccc3)C(=O)O)C(=O)N12. The van der Waals surface area contributed by atoms with Crippen molar-refractivity contribution in [2.45, 2.75) is 50.4 Å². The zero-order valence-electron chi connectivity index (χ0n) is 15.7. The molecule has 2 fully saturated rings. The average molecular weight is 405 g/mol. The van der Waals surface area contributed by atoms with Crippen molar-refractivity contribution < 1.29 is 34.1 Å². The van der Waals surface area contributed by atoms with Crippen molar-refractivity contribution in [3.8, 4) is 0 Å². The number of aliphatic carboxylic acids is 1. The number of carbonyl (C=O) groups excluding carboxylic acids is 2. The molecular formula is C19H23N3O7. The first-order chi connectivity index (χ1) is 13.9. The fourth-order valence-corrected chi connectivity index (χ4v) is 3.66. The summed E-state index contributed by atoms with van der Waals surface area (Å²) in [5.41, 5.74) is 0.976. The van der Waals surface area contributed by atoms with Crippen LogP contribution in [0.15, 0.2) is 30.3 Å². The number of rotatable bonds is 7. The van der Waals surface area contributed by atoms with E-state index in [1.165, 1.54) is 5.01 Å². The lowest BCUT2D eigenvalue weighted by molar-refractivity contribution is -0.171. The summed E-state index contributed by atoms with van der Waals surface area (Å²) in [6, 6.07) is 7.46. The summed E-state index contributed by atoms with van der Waals surface area (Å²) < 4.78 is 4.74. The van der Waals surface area contributed by atoms with E-state index in [0.29, 0.717) is 6.42 Å². The number of aryl methyl sites for hydroxylation is 1. The van der Waals surface area contributed by atoms with E-state index in [0.717, 1.165) is 10.6 Å². The van der Waals surface area contributed by atoms with E-state index in [1.54, 1.807) is 0 Å². The van der Waals surface area contributed by atoms with Gasteiger partial charge < -0.3 is 14.9 Å². The van der Waals surface area contributed by atoms with E-state index < -0.39 is 36.3 Å². The van der Waals surface area contributed by atoms with E-state index in [-0.39, 0.29) is 38.1 Å². The predicted octanol–water partition coefficient (Wildman–Crippen LogP) is 0.821. The van der Waals surface area contributed by atoms with Crippen LogP contribution in [0.4, 0.5) is 4.79 Å². The zero-order chi connectivity index (χ0) is 21.0. The van der Waals surface area contributed by atoms with E-state index in [2.05, 4.69) is 5.32 Å². The maximum absolute atomic E-state index is 13.0. The minimum Gasteiger partial charge on any atom is -0.480 e. The third-order valence-electron chi connectivity index (χ3n) is 5.08. The van der Waals surface area contributed by atoms with Gasteiger partial charge in [-0.15, -0.1) is 0 Å². The number of nitrogens with zero attached hydrogens (tertiary/aromatic N) is 2. The van der Waals surface area contributed by atoms with Gasteiger partial charge in [0.25, 0.3) is 5.91 Å². The van der Waals surface area contributed by atoms with Crippen molar-refractivity contribution in [3.63, 3.8) is 0 Å². The lowest BCUT2D eigenvalue weighted by atomic mass is 10.0. The number of fused-ring (bicyclic) bond motifs is 1. The maximum Gasteiger partial charge on any atom is 0.507 e. The smallest absolute Gasteiger partial charge is 0.480 e. The minimum absolute atomic E-state index is 0.0464. The molecule has 0 bridgehead atoms. The van der Waals surface area contributed by atoms with Crippen molar-refractivity contribution in [1.29, 1.82) is 0 Å². The van der Waals surface area contributed by atoms with Crippen molar-refractivity contribution in [1.82, 2.24) is 15.3 Å². The summed E-state index contributed by atoms with van der Waals surface area (Å²) in [4.78, 5) is 48.0. The molecule has 0 spiro atoms. The summed E-state index contributed by atoms with van der Waals surface area (Å²) in [7, 11) is 0. The fourth-order valence-electron chi connectivity index (χ4n) is 3.66. The van der Waals surface area contributed by atoms with Gasteiger partial charge in [-0.25, -0.2) is 14.8 Å². The normalized spacial score (nSPS) is 22.8. The lowest BCUT2D eigenvalue weighted by Crippen LogP contribution is -2.55. The summed E-state index contributed by atoms with van der Waals surface area (Å²) in [6.45, 7) is 0.172. The lowest BCUT2D eigenvalue weighted by Gasteiger charge is -2.31. The number of carboxylic acids is 1. The molecule has 0 saturated carbocycles. The molecule has 10 nitrogen and oxygen atoms in total. The molecule has 3 N–H and O–H groups in total. The van der Waals surface area contributed by atoms with Crippen LogP contribution in [0, 0.1) is 0 Å². The van der Waals surface area contributed by atoms with E-state index in [1.807, 2.05) is 30.3 Å². The number of carboxylic acid groups (broad SMARTS) is 2. The monoisotopic (exact) mass is 405 g/mol. The van der Waals surface area contributed by atoms with Gasteiger partial charge in [-0.1, -0.05) is 30.3 Å². The molecule has 2 saturated heterocycles. The molecule has 2 aliphatic rings. The molecular weight excluding hydrogens is 382 g/mol. The number of ether oxygens (including phenoxy) is 1. The highest BCUT2D eigenvalue weighted by molar-refractivity contribution is 5.89. The Kier molecular flexibility index (Phi) is 6.32. The third-order valence-corrected chi connectivity index (χ3v) is 5.08. The molecule has 3 unspecified atom stereocenters. The molecule has 0 aromatic heterocycles. The Labute approximate surface area is 167 Å². The Morgan fingerprint density at radius 3 is 2.55 bits per heavy atom. The van der Waals surface area contributed by atoms with Crippen molar-refractivity contribution in [3.05, 3.63) is 35.9 Å². The second-order valence-corrected chi connectivity index (χ2v) is 7.00. The van der Waals surface area contributed by atoms with Gasteiger partial charge in [-0.3, -0.25) is 19.7 Å². The van der Waals surface area contributed by atoms with Crippen molar-refractivity contribution in [2.24, 2.45) is 0 Å². The van der Waals surface area contributed by atoms with Crippen LogP contribution in [0.1, 0.15) is 31.2 Å². The first kappa shape index (κ1) is 20.6. The van der Waals surface area contributed by atoms with Crippen LogP contribution < -0.4 is 5.32 Å². The third kappa shape index (κ3) is 4.83. The number of nitrogens with one attached hydrogen (secondary N) is 1. The largest absolute Gasteiger partial charge is 0.507 e. The Hall–Kier alpha value is -3.14. The van der Waals surface area contributed by atoms with Gasteiger partial charge >= 0.3 is 12.1 Å². The molecule has 3 atom stereocenters. The molecule has 0 aliphatic carbocycles. The van der Waals surface area contributed by atoms with Crippen LogP contribution in [0.25, 0.3) is 0 Å². The first-order valence-electron chi connectivity index (χ1n) is 9.42. The van der Waals surface area contributed by atoms with E-state index in [4.69, 9.17) is 9.84 Å². The molecule has 3 rings (SSSR count). The molecule has 2 amide bonds. The highest BCUT2D eigenvalue weighted by Gasteiger charge is 2.46. The molecule has 10 heteroatoms. The van der Waals surface area contributed by atoms with Gasteiger partial charge in [0.05, 0.1) is 6.04 Å². The molecule has 1 aromatic carbocycles. The first-order valence-corrected chi connectivity index (χ1v) is 9.42. The molecule has 156 valence electrons. The van der Waals surface area contributed by atoms with Crippen LogP contribution >= 0.6 is 0 Å². The number of carbonyl (C=O) groups is 4. The van der Waals surface area contributed by atoms with Crippen LogP contribution in [0.3, 0.4) is 0 Å². The van der Waals surface area contributed by atoms with Crippen LogP contribution in [0.5, 0.6) is 0 Å². The van der Waals surface area contributed by atoms with Gasteiger partial charge in [0.15, 0.2) is 0 Å². The maximum atomic E-state index is 13.0. The quantitative estimate of drug-likeness (QED) is 0.567.